The van der Waals surface area contributed by atoms with Crippen LogP contribution in [-0.4, -0.2) is 57.6 Å². The lowest BCUT2D eigenvalue weighted by atomic mass is 9.79. The molecule has 5 rings (SSSR count). The van der Waals surface area contributed by atoms with E-state index in [2.05, 4.69) is 20.5 Å². The van der Waals surface area contributed by atoms with Crippen LogP contribution in [-0.2, 0) is 20.4 Å². The molecule has 3 aromatic rings. The van der Waals surface area contributed by atoms with Gasteiger partial charge >= 0.3 is 12.1 Å². The third-order valence-electron chi connectivity index (χ3n) is 6.77. The fourth-order valence-electron chi connectivity index (χ4n) is 5.19. The Balaban J connectivity index is 1.58. The van der Waals surface area contributed by atoms with Crippen molar-refractivity contribution < 1.29 is 36.6 Å². The second kappa shape index (κ2) is 9.21. The highest BCUT2D eigenvalue weighted by molar-refractivity contribution is 5.78. The average molecular weight is 519 g/mol. The largest absolute Gasteiger partial charge is 0.481 e. The molecule has 0 radical (unpaired) electrons. The van der Waals surface area contributed by atoms with E-state index >= 15 is 0 Å². The van der Waals surface area contributed by atoms with Crippen molar-refractivity contribution in [3.8, 4) is 11.6 Å². The number of halogens is 4. The number of tetrazole rings is 1. The Morgan fingerprint density at radius 3 is 2.65 bits per heavy atom. The van der Waals surface area contributed by atoms with E-state index in [4.69, 9.17) is 14.2 Å². The first-order valence-electron chi connectivity index (χ1n) is 11.3. The average Bonchev–Trinajstić information content (AvgIpc) is 3.63. The quantitative estimate of drug-likeness (QED) is 0.371. The van der Waals surface area contributed by atoms with Gasteiger partial charge in [-0.3, -0.25) is 4.79 Å². The van der Waals surface area contributed by atoms with Gasteiger partial charge in [0, 0.05) is 11.5 Å². The summed E-state index contributed by atoms with van der Waals surface area (Å²) in [6, 6.07) is 7.28. The lowest BCUT2D eigenvalue weighted by molar-refractivity contribution is -0.147. The van der Waals surface area contributed by atoms with Gasteiger partial charge in [-0.2, -0.15) is 17.9 Å². The Morgan fingerprint density at radius 2 is 1.97 bits per heavy atom. The van der Waals surface area contributed by atoms with Gasteiger partial charge in [0.2, 0.25) is 5.88 Å². The number of aromatic nitrogens is 5. The molecule has 1 aliphatic carbocycles. The molecule has 2 aliphatic rings. The van der Waals surface area contributed by atoms with Gasteiger partial charge in [0.05, 0.1) is 44.2 Å². The van der Waals surface area contributed by atoms with Crippen molar-refractivity contribution in [1.29, 1.82) is 0 Å². The first-order chi connectivity index (χ1) is 17.7. The third-order valence-corrected chi connectivity index (χ3v) is 6.77. The number of methoxy groups -OCH3 is 2. The van der Waals surface area contributed by atoms with Crippen molar-refractivity contribution in [2.45, 2.75) is 30.5 Å². The first-order valence-corrected chi connectivity index (χ1v) is 11.3. The minimum Gasteiger partial charge on any atom is -0.481 e. The van der Waals surface area contributed by atoms with Crippen molar-refractivity contribution in [2.24, 2.45) is 5.92 Å². The number of carbonyl (C=O) groups excluding carboxylic acids is 1. The number of esters is 1. The summed E-state index contributed by atoms with van der Waals surface area (Å²) in [7, 11) is 2.70. The zero-order valence-electron chi connectivity index (χ0n) is 19.7. The highest BCUT2D eigenvalue weighted by Crippen LogP contribution is 2.54. The fraction of sp³-hybridized carbons (Fsp3) is 0.375. The Kier molecular flexibility index (Phi) is 6.18. The Bertz CT molecular complexity index is 1360. The predicted molar refractivity (Wildman–Crippen MR) is 119 cm³/mol. The van der Waals surface area contributed by atoms with Crippen LogP contribution in [0.5, 0.6) is 5.88 Å². The molecule has 1 fully saturated rings. The minimum absolute atomic E-state index is 0.0241. The van der Waals surface area contributed by atoms with E-state index in [9.17, 15) is 22.4 Å². The molecule has 1 saturated carbocycles. The molecule has 0 N–H and O–H groups in total. The fourth-order valence-corrected chi connectivity index (χ4v) is 5.19. The van der Waals surface area contributed by atoms with E-state index in [1.165, 1.54) is 38.6 Å². The standard InChI is InChI=1S/C24H21F4N5O4/c1-35-20-18(9-16(11-29-20)33-22(24(26,27)28)30-31-32-33)14-10-23(37-12-14)8-7-17(21(34)36-2)19(23)13-3-5-15(25)6-4-13/h3-6,9-11,17,19H,7-8,12H2,1-2H3/t17-,19+,23+/m0/s1. The molecule has 2 aromatic heterocycles. The number of hydrogen-bond donors (Lipinski definition) is 0. The number of ether oxygens (including phenoxy) is 3. The molecule has 37 heavy (non-hydrogen) atoms. The summed E-state index contributed by atoms with van der Waals surface area (Å²) in [5.41, 5.74) is 0.738. The van der Waals surface area contributed by atoms with Crippen LogP contribution in [0.4, 0.5) is 17.6 Å². The lowest BCUT2D eigenvalue weighted by Gasteiger charge is -2.31. The predicted octanol–water partition coefficient (Wildman–Crippen LogP) is 3.74. The summed E-state index contributed by atoms with van der Waals surface area (Å²) >= 11 is 0. The van der Waals surface area contributed by atoms with Crippen LogP contribution in [0.15, 0.2) is 42.6 Å². The number of benzene rings is 1. The summed E-state index contributed by atoms with van der Waals surface area (Å²) in [5, 5.41) is 9.70. The van der Waals surface area contributed by atoms with Gasteiger partial charge < -0.3 is 14.2 Å². The van der Waals surface area contributed by atoms with Gasteiger partial charge in [-0.15, -0.1) is 5.10 Å². The van der Waals surface area contributed by atoms with Crippen LogP contribution in [0.1, 0.15) is 35.7 Å². The molecule has 1 aliphatic heterocycles. The van der Waals surface area contributed by atoms with Crippen molar-refractivity contribution in [3.05, 3.63) is 65.4 Å². The van der Waals surface area contributed by atoms with Crippen LogP contribution in [0.25, 0.3) is 11.3 Å². The van der Waals surface area contributed by atoms with E-state index in [1.54, 1.807) is 12.1 Å². The number of carbonyl (C=O) groups is 1. The van der Waals surface area contributed by atoms with Crippen molar-refractivity contribution in [2.75, 3.05) is 20.8 Å². The van der Waals surface area contributed by atoms with Crippen LogP contribution in [0.3, 0.4) is 0 Å². The highest BCUT2D eigenvalue weighted by atomic mass is 19.4. The van der Waals surface area contributed by atoms with Gasteiger partial charge in [-0.1, -0.05) is 12.1 Å². The van der Waals surface area contributed by atoms with E-state index < -0.39 is 41.2 Å². The van der Waals surface area contributed by atoms with E-state index in [-0.39, 0.29) is 18.2 Å². The van der Waals surface area contributed by atoms with Crippen LogP contribution >= 0.6 is 0 Å². The molecular formula is C24H21F4N5O4. The number of nitrogens with zero attached hydrogens (tertiary/aromatic N) is 5. The lowest BCUT2D eigenvalue weighted by Crippen LogP contribution is -2.34. The van der Waals surface area contributed by atoms with Crippen molar-refractivity contribution in [1.82, 2.24) is 25.2 Å². The molecular weight excluding hydrogens is 498 g/mol. The third kappa shape index (κ3) is 4.32. The van der Waals surface area contributed by atoms with Crippen molar-refractivity contribution >= 4 is 11.5 Å². The molecule has 9 nitrogen and oxygen atoms in total. The number of pyridine rings is 1. The maximum Gasteiger partial charge on any atom is 0.453 e. The molecule has 0 amide bonds. The second-order valence-corrected chi connectivity index (χ2v) is 8.77. The van der Waals surface area contributed by atoms with E-state index in [0.29, 0.717) is 34.2 Å². The molecule has 1 spiro atoms. The summed E-state index contributed by atoms with van der Waals surface area (Å²) in [6.07, 6.45) is -0.827. The van der Waals surface area contributed by atoms with Crippen LogP contribution < -0.4 is 4.74 Å². The molecule has 1 aromatic carbocycles. The summed E-state index contributed by atoms with van der Waals surface area (Å²) in [6.45, 7) is 0.0782. The number of hydrogen-bond acceptors (Lipinski definition) is 8. The molecule has 194 valence electrons. The van der Waals surface area contributed by atoms with Gasteiger partial charge in [0.25, 0.3) is 5.82 Å². The van der Waals surface area contributed by atoms with Crippen molar-refractivity contribution in [3.63, 3.8) is 0 Å². The van der Waals surface area contributed by atoms with Gasteiger partial charge in [-0.25, -0.2) is 9.37 Å². The summed E-state index contributed by atoms with van der Waals surface area (Å²) in [5.74, 6) is -2.96. The van der Waals surface area contributed by atoms with Crippen LogP contribution in [0.2, 0.25) is 0 Å². The van der Waals surface area contributed by atoms with E-state index in [1.807, 2.05) is 6.08 Å². The summed E-state index contributed by atoms with van der Waals surface area (Å²) in [4.78, 5) is 16.8. The molecule has 13 heteroatoms. The first kappa shape index (κ1) is 24.8. The Hall–Kier alpha value is -3.87. The molecule has 0 unspecified atom stereocenters. The summed E-state index contributed by atoms with van der Waals surface area (Å²) < 4.78 is 71.0. The zero-order chi connectivity index (χ0) is 26.4. The Morgan fingerprint density at radius 1 is 1.22 bits per heavy atom. The van der Waals surface area contributed by atoms with Gasteiger partial charge in [-0.05, 0) is 58.7 Å². The molecule has 0 saturated heterocycles. The monoisotopic (exact) mass is 519 g/mol. The SMILES string of the molecule is COC(=O)[C@H]1CC[C@@]2(C=C(c3cc(-n4nnnc4C(F)(F)F)cnc3OC)CO2)[C@@H]1c1ccc(F)cc1. The second-order valence-electron chi connectivity index (χ2n) is 8.77. The molecule has 3 heterocycles. The van der Waals surface area contributed by atoms with Gasteiger partial charge in [0.1, 0.15) is 5.82 Å². The smallest absolute Gasteiger partial charge is 0.453 e. The maximum absolute atomic E-state index is 13.6. The number of rotatable bonds is 5. The number of alkyl halides is 3. The van der Waals surface area contributed by atoms with Crippen LogP contribution in [0, 0.1) is 11.7 Å². The topological polar surface area (TPSA) is 101 Å². The highest BCUT2D eigenvalue weighted by Gasteiger charge is 2.54. The molecule has 3 atom stereocenters. The molecule has 0 bridgehead atoms. The zero-order valence-corrected chi connectivity index (χ0v) is 19.7. The van der Waals surface area contributed by atoms with Gasteiger partial charge in [0.15, 0.2) is 0 Å². The minimum atomic E-state index is -4.78. The van der Waals surface area contributed by atoms with E-state index in [0.717, 1.165) is 0 Å². The Labute approximate surface area is 208 Å². The normalized spacial score (nSPS) is 23.4. The maximum atomic E-state index is 13.6.